The van der Waals surface area contributed by atoms with E-state index in [1.54, 1.807) is 7.11 Å². The van der Waals surface area contributed by atoms with Gasteiger partial charge in [0.1, 0.15) is 5.75 Å². The average molecular weight is 358 g/mol. The lowest BCUT2D eigenvalue weighted by atomic mass is 9.66. The molecule has 0 N–H and O–H groups in total. The molecule has 1 aromatic rings. The zero-order valence-corrected chi connectivity index (χ0v) is 17.6. The van der Waals surface area contributed by atoms with Crippen LogP contribution in [0.5, 0.6) is 5.75 Å². The molecule has 0 saturated carbocycles. The minimum atomic E-state index is -0.271. The molecule has 0 aliphatic carbocycles. The first-order valence-corrected chi connectivity index (χ1v) is 9.76. The summed E-state index contributed by atoms with van der Waals surface area (Å²) in [5, 5.41) is 0. The lowest BCUT2D eigenvalue weighted by Gasteiger charge is -2.32. The maximum absolute atomic E-state index is 6.35. The van der Waals surface area contributed by atoms with Gasteiger partial charge in [0.15, 0.2) is 0 Å². The molecule has 0 amide bonds. The van der Waals surface area contributed by atoms with E-state index in [2.05, 4.69) is 59.8 Å². The van der Waals surface area contributed by atoms with Crippen LogP contribution in [-0.2, 0) is 15.7 Å². The first-order chi connectivity index (χ1) is 12.1. The molecule has 26 heavy (non-hydrogen) atoms. The molecule has 144 valence electrons. The number of hydrogen-bond donors (Lipinski definition) is 0. The van der Waals surface area contributed by atoms with Crippen LogP contribution in [0.3, 0.4) is 0 Å². The van der Waals surface area contributed by atoms with Crippen molar-refractivity contribution in [2.24, 2.45) is 0 Å². The van der Waals surface area contributed by atoms with Gasteiger partial charge in [0.2, 0.25) is 0 Å². The minimum absolute atomic E-state index is 0.135. The van der Waals surface area contributed by atoms with Gasteiger partial charge < -0.3 is 14.0 Å². The molecule has 1 saturated heterocycles. The monoisotopic (exact) mass is 358 g/mol. The van der Waals surface area contributed by atoms with Crippen molar-refractivity contribution < 1.29 is 14.0 Å². The van der Waals surface area contributed by atoms with E-state index < -0.39 is 0 Å². The van der Waals surface area contributed by atoms with E-state index in [1.165, 1.54) is 11.1 Å². The van der Waals surface area contributed by atoms with Crippen LogP contribution in [0.2, 0.25) is 5.82 Å². The number of methoxy groups -OCH3 is 1. The van der Waals surface area contributed by atoms with Crippen molar-refractivity contribution in [1.82, 2.24) is 0 Å². The van der Waals surface area contributed by atoms with Crippen molar-refractivity contribution in [3.05, 3.63) is 41.5 Å². The Balaban J connectivity index is 2.04. The van der Waals surface area contributed by atoms with E-state index in [0.29, 0.717) is 5.82 Å². The van der Waals surface area contributed by atoms with Crippen molar-refractivity contribution in [1.29, 1.82) is 0 Å². The van der Waals surface area contributed by atoms with Gasteiger partial charge in [-0.15, -0.1) is 0 Å². The Morgan fingerprint density at radius 2 is 1.62 bits per heavy atom. The van der Waals surface area contributed by atoms with Gasteiger partial charge in [-0.3, -0.25) is 0 Å². The summed E-state index contributed by atoms with van der Waals surface area (Å²) in [6, 6.07) is 8.36. The first-order valence-electron chi connectivity index (χ1n) is 9.76. The Morgan fingerprint density at radius 1 is 1.04 bits per heavy atom. The van der Waals surface area contributed by atoms with Crippen LogP contribution in [0.4, 0.5) is 0 Å². The Morgan fingerprint density at radius 3 is 2.12 bits per heavy atom. The largest absolute Gasteiger partial charge is 0.497 e. The molecule has 2 rings (SSSR count). The highest BCUT2D eigenvalue weighted by Gasteiger charge is 2.53. The highest BCUT2D eigenvalue weighted by molar-refractivity contribution is 6.47. The quantitative estimate of drug-likeness (QED) is 0.432. The molecule has 1 aliphatic rings. The fourth-order valence-corrected chi connectivity index (χ4v) is 3.23. The molecular formula is C22H35BO3. The van der Waals surface area contributed by atoms with E-state index in [1.807, 2.05) is 12.1 Å². The summed E-state index contributed by atoms with van der Waals surface area (Å²) in [5.41, 5.74) is 2.15. The number of ether oxygens (including phenoxy) is 1. The summed E-state index contributed by atoms with van der Waals surface area (Å²) in [7, 11) is 1.57. The molecule has 0 spiro atoms. The van der Waals surface area contributed by atoms with Crippen LogP contribution >= 0.6 is 0 Å². The minimum Gasteiger partial charge on any atom is -0.497 e. The standard InChI is InChI=1S/C22H35BO3/c1-17(2)9-8-10-19(23-25-21(3,4)22(5,6)26-23)14-11-18-12-15-20(24-7)16-13-18/h9,12-13,15-16,19H,8,10-11,14H2,1-7H3. The van der Waals surface area contributed by atoms with Crippen molar-refractivity contribution in [2.45, 2.75) is 84.2 Å². The molecule has 0 radical (unpaired) electrons. The zero-order chi connectivity index (χ0) is 19.4. The van der Waals surface area contributed by atoms with Crippen molar-refractivity contribution >= 4 is 7.12 Å². The molecule has 1 aromatic carbocycles. The fourth-order valence-electron chi connectivity index (χ4n) is 3.23. The zero-order valence-electron chi connectivity index (χ0n) is 17.6. The molecule has 0 aromatic heterocycles. The van der Waals surface area contributed by atoms with Crippen molar-refractivity contribution in [3.63, 3.8) is 0 Å². The number of hydrogen-bond acceptors (Lipinski definition) is 3. The Bertz CT molecular complexity index is 584. The topological polar surface area (TPSA) is 27.7 Å². The normalized spacial score (nSPS) is 19.3. The lowest BCUT2D eigenvalue weighted by molar-refractivity contribution is 0.00578. The Hall–Kier alpha value is -1.26. The van der Waals surface area contributed by atoms with Crippen LogP contribution < -0.4 is 4.74 Å². The highest BCUT2D eigenvalue weighted by atomic mass is 16.7. The number of aryl methyl sites for hydroxylation is 1. The maximum Gasteiger partial charge on any atom is 0.461 e. The van der Waals surface area contributed by atoms with E-state index in [9.17, 15) is 0 Å². The molecule has 3 nitrogen and oxygen atoms in total. The third-order valence-corrected chi connectivity index (χ3v) is 5.71. The number of allylic oxidation sites excluding steroid dienone is 2. The fraction of sp³-hybridized carbons (Fsp3) is 0.636. The predicted octanol–water partition coefficient (Wildman–Crippen LogP) is 5.84. The van der Waals surface area contributed by atoms with Crippen LogP contribution in [0.15, 0.2) is 35.9 Å². The van der Waals surface area contributed by atoms with Crippen molar-refractivity contribution in [2.75, 3.05) is 7.11 Å². The lowest BCUT2D eigenvalue weighted by Crippen LogP contribution is -2.41. The predicted molar refractivity (Wildman–Crippen MR) is 110 cm³/mol. The molecule has 1 aliphatic heterocycles. The van der Waals surface area contributed by atoms with Crippen LogP contribution in [0.25, 0.3) is 0 Å². The maximum atomic E-state index is 6.35. The first kappa shape index (κ1) is 21.0. The molecule has 1 heterocycles. The van der Waals surface area contributed by atoms with Gasteiger partial charge >= 0.3 is 7.12 Å². The summed E-state index contributed by atoms with van der Waals surface area (Å²) in [5.74, 6) is 1.29. The summed E-state index contributed by atoms with van der Waals surface area (Å²) < 4.78 is 17.9. The van der Waals surface area contributed by atoms with Crippen molar-refractivity contribution in [3.8, 4) is 5.75 Å². The second-order valence-corrected chi connectivity index (χ2v) is 8.63. The molecular weight excluding hydrogens is 323 g/mol. The van der Waals surface area contributed by atoms with E-state index in [-0.39, 0.29) is 18.3 Å². The van der Waals surface area contributed by atoms with E-state index >= 15 is 0 Å². The number of benzene rings is 1. The van der Waals surface area contributed by atoms with Gasteiger partial charge in [0, 0.05) is 0 Å². The third-order valence-electron chi connectivity index (χ3n) is 5.71. The van der Waals surface area contributed by atoms with E-state index in [4.69, 9.17) is 14.0 Å². The molecule has 4 heteroatoms. The molecule has 1 unspecified atom stereocenters. The molecule has 0 bridgehead atoms. The summed E-state index contributed by atoms with van der Waals surface area (Å²) in [4.78, 5) is 0. The van der Waals surface area contributed by atoms with Crippen LogP contribution in [0.1, 0.15) is 66.4 Å². The Kier molecular flexibility index (Phi) is 6.98. The number of rotatable bonds is 8. The Labute approximate surface area is 160 Å². The molecule has 1 fully saturated rings. The van der Waals surface area contributed by atoms with Gasteiger partial charge in [0.05, 0.1) is 18.3 Å². The van der Waals surface area contributed by atoms with E-state index in [0.717, 1.165) is 31.4 Å². The van der Waals surface area contributed by atoms with Gasteiger partial charge in [-0.1, -0.05) is 23.8 Å². The third kappa shape index (κ3) is 5.37. The van der Waals surface area contributed by atoms with Gasteiger partial charge in [0.25, 0.3) is 0 Å². The van der Waals surface area contributed by atoms with Crippen LogP contribution in [0, 0.1) is 0 Å². The van der Waals surface area contributed by atoms with Gasteiger partial charge in [-0.05, 0) is 90.7 Å². The molecule has 1 atom stereocenters. The van der Waals surface area contributed by atoms with Gasteiger partial charge in [-0.25, -0.2) is 0 Å². The smallest absolute Gasteiger partial charge is 0.461 e. The summed E-state index contributed by atoms with van der Waals surface area (Å²) in [6.45, 7) is 12.8. The SMILES string of the molecule is COc1ccc(CCC(CCC=C(C)C)B2OC(C)(C)C(C)(C)O2)cc1. The summed E-state index contributed by atoms with van der Waals surface area (Å²) in [6.07, 6.45) is 6.54. The second-order valence-electron chi connectivity index (χ2n) is 8.63. The van der Waals surface area contributed by atoms with Crippen LogP contribution in [-0.4, -0.2) is 25.4 Å². The summed E-state index contributed by atoms with van der Waals surface area (Å²) >= 11 is 0. The highest BCUT2D eigenvalue weighted by Crippen LogP contribution is 2.42. The van der Waals surface area contributed by atoms with Gasteiger partial charge in [-0.2, -0.15) is 0 Å². The second kappa shape index (κ2) is 8.62. The average Bonchev–Trinajstić information content (AvgIpc) is 2.78.